The van der Waals surface area contributed by atoms with Crippen LogP contribution in [-0.4, -0.2) is 14.8 Å². The summed E-state index contributed by atoms with van der Waals surface area (Å²) in [4.78, 5) is 11.7. The monoisotopic (exact) mass is 335 g/mol. The number of aryl methyl sites for hydroxylation is 1. The molecule has 0 unspecified atom stereocenters. The highest BCUT2D eigenvalue weighted by atomic mass is 35.5. The number of rotatable bonds is 3. The van der Waals surface area contributed by atoms with E-state index in [1.807, 2.05) is 0 Å². The van der Waals surface area contributed by atoms with Gasteiger partial charge >= 0.3 is 5.69 Å². The van der Waals surface area contributed by atoms with Gasteiger partial charge in [0.25, 0.3) is 0 Å². The normalized spacial score (nSPS) is 10.7. The van der Waals surface area contributed by atoms with Crippen molar-refractivity contribution in [3.63, 3.8) is 0 Å². The zero-order valence-electron chi connectivity index (χ0n) is 11.5. The summed E-state index contributed by atoms with van der Waals surface area (Å²) in [6.45, 7) is 1.75. The number of H-pyrrole nitrogens is 1. The third-order valence-corrected chi connectivity index (χ3v) is 3.44. The maximum atomic E-state index is 11.7. The van der Waals surface area contributed by atoms with Crippen LogP contribution in [0.5, 0.6) is 11.5 Å². The standard InChI is InChI=1S/C15H11Cl2N3O2/c1-9-18-19-15(21)20(9)12-2-4-13(5-3-12)22-14-7-10(16)6-11(17)8-14/h2-8H,1H3,(H,19,21). The van der Waals surface area contributed by atoms with Crippen LogP contribution < -0.4 is 10.4 Å². The van der Waals surface area contributed by atoms with Crippen LogP contribution >= 0.6 is 23.2 Å². The highest BCUT2D eigenvalue weighted by molar-refractivity contribution is 6.34. The summed E-state index contributed by atoms with van der Waals surface area (Å²) in [6.07, 6.45) is 0. The zero-order valence-corrected chi connectivity index (χ0v) is 13.0. The van der Waals surface area contributed by atoms with Crippen molar-refractivity contribution in [1.29, 1.82) is 0 Å². The van der Waals surface area contributed by atoms with Gasteiger partial charge in [0.2, 0.25) is 0 Å². The minimum atomic E-state index is -0.284. The summed E-state index contributed by atoms with van der Waals surface area (Å²) in [7, 11) is 0. The van der Waals surface area contributed by atoms with Gasteiger partial charge in [-0.2, -0.15) is 5.10 Å². The van der Waals surface area contributed by atoms with Gasteiger partial charge in [0.05, 0.1) is 5.69 Å². The molecule has 0 aliphatic heterocycles. The van der Waals surface area contributed by atoms with E-state index < -0.39 is 0 Å². The van der Waals surface area contributed by atoms with Crippen molar-refractivity contribution < 1.29 is 4.74 Å². The number of nitrogens with zero attached hydrogens (tertiary/aromatic N) is 2. The van der Waals surface area contributed by atoms with Gasteiger partial charge in [-0.1, -0.05) is 23.2 Å². The van der Waals surface area contributed by atoms with Crippen LogP contribution in [0.25, 0.3) is 5.69 Å². The first-order valence-electron chi connectivity index (χ1n) is 6.41. The Morgan fingerprint density at radius 3 is 2.23 bits per heavy atom. The highest BCUT2D eigenvalue weighted by Crippen LogP contribution is 2.28. The second kappa shape index (κ2) is 5.87. The second-order valence-corrected chi connectivity index (χ2v) is 5.49. The molecule has 0 bridgehead atoms. The Labute approximate surface area is 136 Å². The van der Waals surface area contributed by atoms with E-state index in [1.54, 1.807) is 49.4 Å². The van der Waals surface area contributed by atoms with E-state index in [4.69, 9.17) is 27.9 Å². The SMILES string of the molecule is Cc1n[nH]c(=O)n1-c1ccc(Oc2cc(Cl)cc(Cl)c2)cc1. The number of halogens is 2. The molecule has 3 rings (SSSR count). The molecule has 112 valence electrons. The Bertz CT molecular complexity index is 849. The van der Waals surface area contributed by atoms with Crippen molar-refractivity contribution >= 4 is 23.2 Å². The first kappa shape index (κ1) is 14.7. The molecule has 3 aromatic rings. The molecule has 0 aliphatic rings. The topological polar surface area (TPSA) is 59.9 Å². The molecule has 5 nitrogen and oxygen atoms in total. The predicted molar refractivity (Wildman–Crippen MR) is 85.5 cm³/mol. The Hall–Kier alpha value is -2.24. The molecule has 0 spiro atoms. The molecule has 2 aromatic carbocycles. The van der Waals surface area contributed by atoms with Gasteiger partial charge in [-0.15, -0.1) is 0 Å². The van der Waals surface area contributed by atoms with E-state index in [0.717, 1.165) is 0 Å². The molecule has 1 aromatic heterocycles. The molecule has 0 amide bonds. The Morgan fingerprint density at radius 1 is 1.05 bits per heavy atom. The summed E-state index contributed by atoms with van der Waals surface area (Å²) in [6, 6.07) is 12.0. The quantitative estimate of drug-likeness (QED) is 0.787. The minimum Gasteiger partial charge on any atom is -0.457 e. The second-order valence-electron chi connectivity index (χ2n) is 4.61. The first-order chi connectivity index (χ1) is 10.5. The summed E-state index contributed by atoms with van der Waals surface area (Å²) in [5.74, 6) is 1.73. The van der Waals surface area contributed by atoms with E-state index in [2.05, 4.69) is 10.2 Å². The number of aromatic nitrogens is 3. The smallest absolute Gasteiger partial charge is 0.347 e. The van der Waals surface area contributed by atoms with Crippen LogP contribution in [0.1, 0.15) is 5.82 Å². The zero-order chi connectivity index (χ0) is 15.7. The van der Waals surface area contributed by atoms with Crippen molar-refractivity contribution in [1.82, 2.24) is 14.8 Å². The molecule has 0 radical (unpaired) electrons. The third kappa shape index (κ3) is 3.00. The van der Waals surface area contributed by atoms with E-state index in [-0.39, 0.29) is 5.69 Å². The van der Waals surface area contributed by atoms with E-state index in [1.165, 1.54) is 4.57 Å². The van der Waals surface area contributed by atoms with Crippen molar-refractivity contribution in [2.75, 3.05) is 0 Å². The van der Waals surface area contributed by atoms with Gasteiger partial charge in [-0.3, -0.25) is 0 Å². The fourth-order valence-electron chi connectivity index (χ4n) is 2.07. The van der Waals surface area contributed by atoms with Crippen LogP contribution in [0, 0.1) is 6.92 Å². The molecule has 22 heavy (non-hydrogen) atoms. The molecule has 0 fully saturated rings. The van der Waals surface area contributed by atoms with Gasteiger partial charge in [-0.25, -0.2) is 14.5 Å². The van der Waals surface area contributed by atoms with Crippen molar-refractivity contribution in [2.24, 2.45) is 0 Å². The van der Waals surface area contributed by atoms with E-state index in [0.29, 0.717) is 33.1 Å². The number of benzene rings is 2. The van der Waals surface area contributed by atoms with Crippen LogP contribution in [0.4, 0.5) is 0 Å². The fraction of sp³-hybridized carbons (Fsp3) is 0.0667. The predicted octanol–water partition coefficient (Wildman–Crippen LogP) is 3.97. The van der Waals surface area contributed by atoms with Crippen LogP contribution in [0.2, 0.25) is 10.0 Å². The summed E-state index contributed by atoms with van der Waals surface area (Å²) >= 11 is 11.9. The summed E-state index contributed by atoms with van der Waals surface area (Å²) in [5.41, 5.74) is 0.417. The average Bonchev–Trinajstić information content (AvgIpc) is 2.78. The van der Waals surface area contributed by atoms with E-state index >= 15 is 0 Å². The number of hydrogen-bond donors (Lipinski definition) is 1. The lowest BCUT2D eigenvalue weighted by Gasteiger charge is -2.08. The van der Waals surface area contributed by atoms with Crippen LogP contribution in [0.15, 0.2) is 47.3 Å². The lowest BCUT2D eigenvalue weighted by atomic mass is 10.3. The van der Waals surface area contributed by atoms with Crippen molar-refractivity contribution in [3.8, 4) is 17.2 Å². The number of ether oxygens (including phenoxy) is 1. The largest absolute Gasteiger partial charge is 0.457 e. The highest BCUT2D eigenvalue weighted by Gasteiger charge is 2.07. The van der Waals surface area contributed by atoms with Crippen LogP contribution in [0.3, 0.4) is 0 Å². The van der Waals surface area contributed by atoms with Gasteiger partial charge in [0.15, 0.2) is 0 Å². The maximum Gasteiger partial charge on any atom is 0.347 e. The van der Waals surface area contributed by atoms with Gasteiger partial charge in [0.1, 0.15) is 17.3 Å². The van der Waals surface area contributed by atoms with E-state index in [9.17, 15) is 4.79 Å². The fourth-order valence-corrected chi connectivity index (χ4v) is 2.57. The molecule has 1 N–H and O–H groups in total. The van der Waals surface area contributed by atoms with Gasteiger partial charge in [0, 0.05) is 10.0 Å². The first-order valence-corrected chi connectivity index (χ1v) is 7.17. The van der Waals surface area contributed by atoms with Crippen LogP contribution in [-0.2, 0) is 0 Å². The number of aromatic amines is 1. The summed E-state index contributed by atoms with van der Waals surface area (Å²) < 4.78 is 7.17. The molecular formula is C15H11Cl2N3O2. The van der Waals surface area contributed by atoms with Gasteiger partial charge in [-0.05, 0) is 49.4 Å². The lowest BCUT2D eigenvalue weighted by Crippen LogP contribution is -2.15. The molecule has 0 aliphatic carbocycles. The average molecular weight is 336 g/mol. The van der Waals surface area contributed by atoms with Crippen molar-refractivity contribution in [3.05, 3.63) is 68.8 Å². The molecule has 0 saturated heterocycles. The molecule has 0 saturated carbocycles. The molecule has 0 atom stereocenters. The Morgan fingerprint density at radius 2 is 1.68 bits per heavy atom. The Balaban J connectivity index is 1.87. The molecule has 7 heteroatoms. The molecular weight excluding hydrogens is 325 g/mol. The Kier molecular flexibility index (Phi) is 3.92. The molecule has 1 heterocycles. The number of hydrogen-bond acceptors (Lipinski definition) is 3. The van der Waals surface area contributed by atoms with Gasteiger partial charge < -0.3 is 4.74 Å². The number of nitrogens with one attached hydrogen (secondary N) is 1. The van der Waals surface area contributed by atoms with Crippen molar-refractivity contribution in [2.45, 2.75) is 6.92 Å². The lowest BCUT2D eigenvalue weighted by molar-refractivity contribution is 0.482. The minimum absolute atomic E-state index is 0.284. The maximum absolute atomic E-state index is 11.7. The summed E-state index contributed by atoms with van der Waals surface area (Å²) in [5, 5.41) is 7.27. The third-order valence-electron chi connectivity index (χ3n) is 3.01.